The van der Waals surface area contributed by atoms with Crippen LogP contribution in [0.1, 0.15) is 34.1 Å². The molecule has 4 heteroatoms. The molecule has 0 saturated carbocycles. The molecule has 1 saturated heterocycles. The van der Waals surface area contributed by atoms with Crippen molar-refractivity contribution in [3.63, 3.8) is 0 Å². The van der Waals surface area contributed by atoms with E-state index in [0.717, 1.165) is 12.5 Å². The first-order valence-electron chi connectivity index (χ1n) is 6.03. The van der Waals surface area contributed by atoms with E-state index in [1.807, 2.05) is 0 Å². The van der Waals surface area contributed by atoms with Crippen LogP contribution in [0.4, 0.5) is 0 Å². The quantitative estimate of drug-likeness (QED) is 0.762. The minimum absolute atomic E-state index is 0.185. The molecule has 0 bridgehead atoms. The number of nitrogens with two attached hydrogens (primary N) is 1. The first kappa shape index (κ1) is 12.1. The number of hydrogen-bond donors (Lipinski definition) is 1. The molecule has 0 aliphatic carbocycles. The molecule has 1 atom stereocenters. The SMILES string of the molecule is CC(C)N1C(N)=NCC12CSCC(C)(C)C2. The molecule has 2 aliphatic rings. The van der Waals surface area contributed by atoms with Gasteiger partial charge in [0.1, 0.15) is 0 Å². The Hall–Kier alpha value is -0.380. The van der Waals surface area contributed by atoms with Crippen molar-refractivity contribution in [1.29, 1.82) is 0 Å². The monoisotopic (exact) mass is 241 g/mol. The maximum Gasteiger partial charge on any atom is 0.192 e. The fourth-order valence-electron chi connectivity index (χ4n) is 3.20. The van der Waals surface area contributed by atoms with Crippen LogP contribution in [0.25, 0.3) is 0 Å². The van der Waals surface area contributed by atoms with Gasteiger partial charge in [-0.15, -0.1) is 0 Å². The Bertz CT molecular complexity index is 311. The number of nitrogens with zero attached hydrogens (tertiary/aromatic N) is 2. The number of rotatable bonds is 1. The van der Waals surface area contributed by atoms with E-state index in [1.165, 1.54) is 17.9 Å². The smallest absolute Gasteiger partial charge is 0.192 e. The molecule has 0 aromatic heterocycles. The minimum atomic E-state index is 0.185. The van der Waals surface area contributed by atoms with Gasteiger partial charge in [0, 0.05) is 11.8 Å². The van der Waals surface area contributed by atoms with Crippen molar-refractivity contribution in [3.05, 3.63) is 0 Å². The van der Waals surface area contributed by atoms with Crippen molar-refractivity contribution < 1.29 is 0 Å². The Morgan fingerprint density at radius 2 is 2.06 bits per heavy atom. The zero-order valence-electron chi connectivity index (χ0n) is 10.8. The van der Waals surface area contributed by atoms with E-state index < -0.39 is 0 Å². The summed E-state index contributed by atoms with van der Waals surface area (Å²) in [4.78, 5) is 6.84. The summed E-state index contributed by atoms with van der Waals surface area (Å²) in [6.07, 6.45) is 1.20. The van der Waals surface area contributed by atoms with Crippen molar-refractivity contribution >= 4 is 17.7 Å². The first-order chi connectivity index (χ1) is 7.36. The maximum absolute atomic E-state index is 6.04. The van der Waals surface area contributed by atoms with Gasteiger partial charge in [-0.2, -0.15) is 11.8 Å². The van der Waals surface area contributed by atoms with Crippen LogP contribution in [0, 0.1) is 5.41 Å². The van der Waals surface area contributed by atoms with E-state index in [0.29, 0.717) is 11.5 Å². The van der Waals surface area contributed by atoms with Crippen LogP contribution in [0.5, 0.6) is 0 Å². The lowest BCUT2D eigenvalue weighted by Gasteiger charge is -2.49. The van der Waals surface area contributed by atoms with Gasteiger partial charge in [-0.1, -0.05) is 13.8 Å². The van der Waals surface area contributed by atoms with Gasteiger partial charge in [-0.25, -0.2) is 0 Å². The number of guanidine groups is 1. The highest BCUT2D eigenvalue weighted by Crippen LogP contribution is 2.44. The molecule has 2 aliphatic heterocycles. The van der Waals surface area contributed by atoms with Gasteiger partial charge in [-0.05, 0) is 31.4 Å². The average Bonchev–Trinajstić information content (AvgIpc) is 2.41. The molecule has 92 valence electrons. The van der Waals surface area contributed by atoms with Gasteiger partial charge in [0.25, 0.3) is 0 Å². The molecule has 2 N–H and O–H groups in total. The van der Waals surface area contributed by atoms with Gasteiger partial charge >= 0.3 is 0 Å². The molecule has 1 unspecified atom stereocenters. The summed E-state index contributed by atoms with van der Waals surface area (Å²) in [7, 11) is 0. The molecule has 0 aromatic rings. The summed E-state index contributed by atoms with van der Waals surface area (Å²) in [6, 6.07) is 0.445. The third-order valence-electron chi connectivity index (χ3n) is 3.48. The summed E-state index contributed by atoms with van der Waals surface area (Å²) in [5, 5.41) is 0. The molecule has 0 aromatic carbocycles. The molecular weight excluding hydrogens is 218 g/mol. The van der Waals surface area contributed by atoms with Crippen LogP contribution < -0.4 is 5.73 Å². The lowest BCUT2D eigenvalue weighted by molar-refractivity contribution is 0.124. The van der Waals surface area contributed by atoms with E-state index in [-0.39, 0.29) is 5.54 Å². The first-order valence-corrected chi connectivity index (χ1v) is 7.19. The van der Waals surface area contributed by atoms with Crippen LogP contribution in [-0.2, 0) is 0 Å². The van der Waals surface area contributed by atoms with Gasteiger partial charge in [-0.3, -0.25) is 4.99 Å². The van der Waals surface area contributed by atoms with Crippen LogP contribution in [0.3, 0.4) is 0 Å². The van der Waals surface area contributed by atoms with Crippen LogP contribution in [0.15, 0.2) is 4.99 Å². The van der Waals surface area contributed by atoms with E-state index in [4.69, 9.17) is 5.73 Å². The van der Waals surface area contributed by atoms with Gasteiger partial charge in [0.05, 0.1) is 12.1 Å². The summed E-state index contributed by atoms with van der Waals surface area (Å²) in [6.45, 7) is 10.0. The van der Waals surface area contributed by atoms with Crippen molar-refractivity contribution in [2.75, 3.05) is 18.1 Å². The van der Waals surface area contributed by atoms with E-state index in [2.05, 4.69) is 49.3 Å². The van der Waals surface area contributed by atoms with E-state index in [1.54, 1.807) is 0 Å². The van der Waals surface area contributed by atoms with Crippen molar-refractivity contribution in [2.24, 2.45) is 16.1 Å². The van der Waals surface area contributed by atoms with Gasteiger partial charge in [0.2, 0.25) is 0 Å². The second-order valence-corrected chi connectivity index (χ2v) is 7.18. The molecule has 2 heterocycles. The topological polar surface area (TPSA) is 41.6 Å². The molecule has 16 heavy (non-hydrogen) atoms. The second kappa shape index (κ2) is 3.83. The Balaban J connectivity index is 2.25. The molecule has 0 amide bonds. The fourth-order valence-corrected chi connectivity index (χ4v) is 4.67. The third kappa shape index (κ3) is 1.92. The number of aliphatic imine (C=N–C) groups is 1. The summed E-state index contributed by atoms with van der Waals surface area (Å²) in [5.74, 6) is 3.16. The molecule has 2 rings (SSSR count). The largest absolute Gasteiger partial charge is 0.370 e. The summed E-state index contributed by atoms with van der Waals surface area (Å²) < 4.78 is 0. The zero-order chi connectivity index (χ0) is 12.0. The van der Waals surface area contributed by atoms with Gasteiger partial charge in [0.15, 0.2) is 5.96 Å². The maximum atomic E-state index is 6.04. The predicted molar refractivity (Wildman–Crippen MR) is 71.9 cm³/mol. The average molecular weight is 241 g/mol. The Morgan fingerprint density at radius 3 is 2.62 bits per heavy atom. The second-order valence-electron chi connectivity index (χ2n) is 6.20. The standard InChI is InChI=1S/C12H23N3S/c1-9(2)15-10(13)14-6-12(15)5-11(3,4)7-16-8-12/h9H,5-8H2,1-4H3,(H2,13,14). The van der Waals surface area contributed by atoms with Crippen molar-refractivity contribution in [2.45, 2.75) is 45.7 Å². The van der Waals surface area contributed by atoms with E-state index in [9.17, 15) is 0 Å². The lowest BCUT2D eigenvalue weighted by atomic mass is 9.79. The molecule has 1 spiro atoms. The highest BCUT2D eigenvalue weighted by Gasteiger charge is 2.48. The highest BCUT2D eigenvalue weighted by atomic mass is 32.2. The highest BCUT2D eigenvalue weighted by molar-refractivity contribution is 7.99. The van der Waals surface area contributed by atoms with Crippen LogP contribution >= 0.6 is 11.8 Å². The van der Waals surface area contributed by atoms with Crippen LogP contribution in [-0.4, -0.2) is 40.5 Å². The van der Waals surface area contributed by atoms with Gasteiger partial charge < -0.3 is 10.6 Å². The Kier molecular flexibility index (Phi) is 2.89. The van der Waals surface area contributed by atoms with Crippen molar-refractivity contribution in [3.8, 4) is 0 Å². The Morgan fingerprint density at radius 1 is 1.38 bits per heavy atom. The lowest BCUT2D eigenvalue weighted by Crippen LogP contribution is -2.59. The summed E-state index contributed by atoms with van der Waals surface area (Å²) in [5.41, 5.74) is 6.62. The molecule has 1 fully saturated rings. The third-order valence-corrected chi connectivity index (χ3v) is 5.21. The predicted octanol–water partition coefficient (Wildman–Crippen LogP) is 1.93. The zero-order valence-corrected chi connectivity index (χ0v) is 11.6. The minimum Gasteiger partial charge on any atom is -0.370 e. The number of hydrogen-bond acceptors (Lipinski definition) is 4. The molecular formula is C12H23N3S. The van der Waals surface area contributed by atoms with E-state index >= 15 is 0 Å². The fraction of sp³-hybridized carbons (Fsp3) is 0.917. The van der Waals surface area contributed by atoms with Crippen molar-refractivity contribution in [1.82, 2.24) is 4.90 Å². The molecule has 0 radical (unpaired) electrons. The number of thioether (sulfide) groups is 1. The van der Waals surface area contributed by atoms with Crippen LogP contribution in [0.2, 0.25) is 0 Å². The Labute approximate surface area is 103 Å². The summed E-state index contributed by atoms with van der Waals surface area (Å²) >= 11 is 2.05. The normalized spacial score (nSPS) is 33.6. The molecule has 3 nitrogen and oxygen atoms in total.